The Bertz CT molecular complexity index is 1320. The van der Waals surface area contributed by atoms with Crippen LogP contribution in [0.25, 0.3) is 10.9 Å². The summed E-state index contributed by atoms with van der Waals surface area (Å²) in [5.41, 5.74) is 18.4. The number of carbonyl (C=O) groups excluding carboxylic acids is 3. The normalized spacial score (nSPS) is 16.8. The number of aromatic amines is 1. The summed E-state index contributed by atoms with van der Waals surface area (Å²) in [5.74, 6) is -4.48. The number of H-pyrrole nitrogens is 1. The lowest BCUT2D eigenvalue weighted by molar-refractivity contribution is -0.145. The second kappa shape index (κ2) is 14.8. The van der Waals surface area contributed by atoms with Gasteiger partial charge in [-0.1, -0.05) is 18.2 Å². The molecule has 15 heteroatoms. The minimum absolute atomic E-state index is 0.0597. The number of likely N-dealkylation sites (tertiary alicyclic amines) is 1. The van der Waals surface area contributed by atoms with Crippen molar-refractivity contribution in [2.75, 3.05) is 13.1 Å². The van der Waals surface area contributed by atoms with Crippen LogP contribution in [0.2, 0.25) is 0 Å². The lowest BCUT2D eigenvalue weighted by Crippen LogP contribution is -2.57. The summed E-state index contributed by atoms with van der Waals surface area (Å²) in [5, 5.41) is 24.7. The number of aliphatic imine (C=N–C) groups is 1. The Balaban J connectivity index is 1.67. The monoisotopic (exact) mass is 586 g/mol. The number of nitrogens with two attached hydrogens (primary N) is 3. The first-order valence-corrected chi connectivity index (χ1v) is 13.7. The summed E-state index contributed by atoms with van der Waals surface area (Å²) in [4.78, 5) is 70.9. The van der Waals surface area contributed by atoms with Crippen LogP contribution in [0, 0.1) is 0 Å². The number of guanidine groups is 1. The SMILES string of the molecule is NC(N)=NCCCC(NC(=O)C1CCCN1C(=O)C(CCC(=O)O)NC(=O)C(N)Cc1c[nH]c2ccccc12)C(=O)O. The number of rotatable bonds is 15. The lowest BCUT2D eigenvalue weighted by Gasteiger charge is -2.30. The number of carboxylic acids is 2. The first kappa shape index (κ1) is 31.9. The van der Waals surface area contributed by atoms with Crippen LogP contribution in [0.1, 0.15) is 44.1 Å². The number of hydrogen-bond donors (Lipinski definition) is 8. The molecule has 2 aromatic rings. The van der Waals surface area contributed by atoms with Gasteiger partial charge in [-0.25, -0.2) is 4.79 Å². The van der Waals surface area contributed by atoms with Crippen LogP contribution in [0.4, 0.5) is 0 Å². The Morgan fingerprint density at radius 3 is 2.50 bits per heavy atom. The average Bonchev–Trinajstić information content (AvgIpc) is 3.59. The van der Waals surface area contributed by atoms with Gasteiger partial charge >= 0.3 is 11.9 Å². The van der Waals surface area contributed by atoms with Crippen LogP contribution < -0.4 is 27.8 Å². The van der Waals surface area contributed by atoms with Crippen LogP contribution in [0.15, 0.2) is 35.5 Å². The summed E-state index contributed by atoms with van der Waals surface area (Å²) < 4.78 is 0. The number of amides is 3. The standard InChI is InChI=1S/C27H38N8O7/c28-17(13-15-14-32-18-6-2-1-5-16(15)18)23(38)33-19(9-10-22(36)37)25(40)35-12-4-8-21(35)24(39)34-20(26(41)42)7-3-11-31-27(29)30/h1-2,5-6,14,17,19-21,32H,3-4,7-13,28H2,(H,33,38)(H,34,39)(H,36,37)(H,41,42)(H4,29,30,31). The second-order valence-corrected chi connectivity index (χ2v) is 10.2. The van der Waals surface area contributed by atoms with Crippen molar-refractivity contribution in [3.63, 3.8) is 0 Å². The van der Waals surface area contributed by atoms with E-state index in [1.54, 1.807) is 6.20 Å². The largest absolute Gasteiger partial charge is 0.481 e. The fourth-order valence-electron chi connectivity index (χ4n) is 4.97. The molecule has 4 atom stereocenters. The van der Waals surface area contributed by atoms with E-state index in [-0.39, 0.29) is 44.7 Å². The average molecular weight is 587 g/mol. The Morgan fingerprint density at radius 1 is 1.07 bits per heavy atom. The van der Waals surface area contributed by atoms with E-state index in [4.69, 9.17) is 17.2 Å². The van der Waals surface area contributed by atoms with Crippen LogP contribution >= 0.6 is 0 Å². The molecule has 1 aliphatic heterocycles. The first-order valence-electron chi connectivity index (χ1n) is 13.7. The predicted molar refractivity (Wildman–Crippen MR) is 153 cm³/mol. The highest BCUT2D eigenvalue weighted by Crippen LogP contribution is 2.21. The number of carbonyl (C=O) groups is 5. The van der Waals surface area contributed by atoms with Crippen molar-refractivity contribution in [3.05, 3.63) is 36.0 Å². The van der Waals surface area contributed by atoms with E-state index >= 15 is 0 Å². The highest BCUT2D eigenvalue weighted by Gasteiger charge is 2.39. The van der Waals surface area contributed by atoms with Crippen molar-refractivity contribution in [2.24, 2.45) is 22.2 Å². The van der Waals surface area contributed by atoms with Crippen molar-refractivity contribution >= 4 is 46.5 Å². The molecule has 228 valence electrons. The third kappa shape index (κ3) is 8.67. The van der Waals surface area contributed by atoms with E-state index in [9.17, 15) is 34.2 Å². The molecule has 4 unspecified atom stereocenters. The van der Waals surface area contributed by atoms with Crippen molar-refractivity contribution in [3.8, 4) is 0 Å². The van der Waals surface area contributed by atoms with Gasteiger partial charge in [-0.15, -0.1) is 0 Å². The molecule has 11 N–H and O–H groups in total. The Labute approximate surface area is 241 Å². The molecule has 1 aromatic heterocycles. The molecule has 1 fully saturated rings. The second-order valence-electron chi connectivity index (χ2n) is 10.2. The Hall–Kier alpha value is -4.66. The van der Waals surface area contributed by atoms with E-state index in [0.717, 1.165) is 16.5 Å². The minimum Gasteiger partial charge on any atom is -0.481 e. The molecule has 1 aliphatic rings. The van der Waals surface area contributed by atoms with Gasteiger partial charge < -0.3 is 47.9 Å². The van der Waals surface area contributed by atoms with Crippen LogP contribution in [0.5, 0.6) is 0 Å². The molecule has 1 saturated heterocycles. The maximum Gasteiger partial charge on any atom is 0.326 e. The number of carboxylic acid groups (broad SMARTS) is 2. The van der Waals surface area contributed by atoms with Gasteiger partial charge in [0.25, 0.3) is 0 Å². The molecule has 0 radical (unpaired) electrons. The molecule has 0 bridgehead atoms. The zero-order valence-corrected chi connectivity index (χ0v) is 23.1. The van der Waals surface area contributed by atoms with E-state index in [1.165, 1.54) is 4.90 Å². The number of para-hydroxylation sites is 1. The third-order valence-corrected chi connectivity index (χ3v) is 7.11. The number of benzene rings is 1. The molecule has 3 amide bonds. The first-order chi connectivity index (χ1) is 20.0. The molecule has 0 saturated carbocycles. The zero-order chi connectivity index (χ0) is 30.8. The van der Waals surface area contributed by atoms with E-state index in [1.807, 2.05) is 24.3 Å². The van der Waals surface area contributed by atoms with E-state index in [2.05, 4.69) is 20.6 Å². The predicted octanol–water partition coefficient (Wildman–Crippen LogP) is -0.999. The molecule has 0 spiro atoms. The minimum atomic E-state index is -1.25. The Kier molecular flexibility index (Phi) is 11.2. The van der Waals surface area contributed by atoms with Gasteiger partial charge in [-0.3, -0.25) is 24.2 Å². The van der Waals surface area contributed by atoms with Crippen molar-refractivity contribution < 1.29 is 34.2 Å². The summed E-state index contributed by atoms with van der Waals surface area (Å²) in [6, 6.07) is 3.02. The highest BCUT2D eigenvalue weighted by atomic mass is 16.4. The van der Waals surface area contributed by atoms with Gasteiger partial charge in [0.05, 0.1) is 6.04 Å². The van der Waals surface area contributed by atoms with Crippen molar-refractivity contribution in [2.45, 2.75) is 69.1 Å². The lowest BCUT2D eigenvalue weighted by atomic mass is 10.0. The molecule has 2 heterocycles. The van der Waals surface area contributed by atoms with E-state index in [0.29, 0.717) is 12.8 Å². The van der Waals surface area contributed by atoms with Crippen molar-refractivity contribution in [1.82, 2.24) is 20.5 Å². The topological polar surface area (TPSA) is 259 Å². The van der Waals surface area contributed by atoms with Gasteiger partial charge in [-0.2, -0.15) is 0 Å². The van der Waals surface area contributed by atoms with Crippen molar-refractivity contribution in [1.29, 1.82) is 0 Å². The molecule has 3 rings (SSSR count). The number of nitrogens with one attached hydrogen (secondary N) is 3. The van der Waals surface area contributed by atoms with Crippen LogP contribution in [-0.2, 0) is 30.4 Å². The molecule has 1 aromatic carbocycles. The third-order valence-electron chi connectivity index (χ3n) is 7.11. The zero-order valence-electron chi connectivity index (χ0n) is 23.1. The van der Waals surface area contributed by atoms with Crippen LogP contribution in [0.3, 0.4) is 0 Å². The fourth-order valence-corrected chi connectivity index (χ4v) is 4.97. The van der Waals surface area contributed by atoms with Gasteiger partial charge in [0.1, 0.15) is 18.1 Å². The molecule has 0 aliphatic carbocycles. The maximum absolute atomic E-state index is 13.6. The summed E-state index contributed by atoms with van der Waals surface area (Å²) in [7, 11) is 0. The van der Waals surface area contributed by atoms with Gasteiger partial charge in [0.2, 0.25) is 17.7 Å². The number of nitrogens with zero attached hydrogens (tertiary/aromatic N) is 2. The number of fused-ring (bicyclic) bond motifs is 1. The Morgan fingerprint density at radius 2 is 1.81 bits per heavy atom. The van der Waals surface area contributed by atoms with Gasteiger partial charge in [0, 0.05) is 36.6 Å². The van der Waals surface area contributed by atoms with E-state index < -0.39 is 60.2 Å². The molecular formula is C27H38N8O7. The van der Waals surface area contributed by atoms with Gasteiger partial charge in [0.15, 0.2) is 5.96 Å². The van der Waals surface area contributed by atoms with Gasteiger partial charge in [-0.05, 0) is 50.2 Å². The maximum atomic E-state index is 13.6. The number of hydrogen-bond acceptors (Lipinski definition) is 7. The van der Waals surface area contributed by atoms with Crippen LogP contribution in [-0.4, -0.2) is 93.0 Å². The summed E-state index contributed by atoms with van der Waals surface area (Å²) in [6.07, 6.45) is 2.40. The molecule has 15 nitrogen and oxygen atoms in total. The highest BCUT2D eigenvalue weighted by molar-refractivity contribution is 5.95. The summed E-state index contributed by atoms with van der Waals surface area (Å²) in [6.45, 7) is 0.364. The number of aliphatic carboxylic acids is 2. The number of aromatic nitrogens is 1. The molecular weight excluding hydrogens is 548 g/mol. The fraction of sp³-hybridized carbons (Fsp3) is 0.481. The summed E-state index contributed by atoms with van der Waals surface area (Å²) >= 11 is 0. The molecule has 42 heavy (non-hydrogen) atoms. The quantitative estimate of drug-likeness (QED) is 0.0717. The smallest absolute Gasteiger partial charge is 0.326 e.